The highest BCUT2D eigenvalue weighted by atomic mass is 35.5. The number of hydrogen-bond donors (Lipinski definition) is 2. The van der Waals surface area contributed by atoms with Crippen molar-refractivity contribution >= 4 is 34.3 Å². The number of hydrogen-bond acceptors (Lipinski definition) is 6. The highest BCUT2D eigenvalue weighted by Crippen LogP contribution is 2.25. The summed E-state index contributed by atoms with van der Waals surface area (Å²) in [5.74, 6) is 2.56. The van der Waals surface area contributed by atoms with Gasteiger partial charge in [-0.25, -0.2) is 5.10 Å². The van der Waals surface area contributed by atoms with Crippen molar-refractivity contribution in [2.45, 2.75) is 31.3 Å². The van der Waals surface area contributed by atoms with Crippen LogP contribution in [0.15, 0.2) is 24.3 Å². The largest absolute Gasteiger partial charge is 0.368 e. The number of rotatable bonds is 4. The minimum atomic E-state index is -0.724. The SMILES string of the molecule is Nc1nc(N2CCC(N3CCS(=O)C[C@@H]3Cc3ccc(Cl)cc3)CC2)n[nH]1. The van der Waals surface area contributed by atoms with E-state index in [1.807, 2.05) is 12.1 Å². The predicted octanol–water partition coefficient (Wildman–Crippen LogP) is 1.68. The molecule has 1 unspecified atom stereocenters. The van der Waals surface area contributed by atoms with Crippen LogP contribution in [0.4, 0.5) is 11.9 Å². The minimum Gasteiger partial charge on any atom is -0.368 e. The first-order valence-electron chi connectivity index (χ1n) is 9.36. The number of nitrogens with zero attached hydrogens (tertiary/aromatic N) is 4. The van der Waals surface area contributed by atoms with Gasteiger partial charge in [-0.2, -0.15) is 4.98 Å². The smallest absolute Gasteiger partial charge is 0.246 e. The van der Waals surface area contributed by atoms with Crippen LogP contribution in [0.3, 0.4) is 0 Å². The second kappa shape index (κ2) is 8.16. The number of aromatic amines is 1. The number of nitrogens with one attached hydrogen (secondary N) is 1. The second-order valence-corrected chi connectivity index (χ2v) is 9.33. The van der Waals surface area contributed by atoms with Gasteiger partial charge in [-0.05, 0) is 37.0 Å². The third-order valence-corrected chi connectivity index (χ3v) is 7.16. The number of H-pyrrole nitrogens is 1. The van der Waals surface area contributed by atoms with Crippen LogP contribution in [-0.4, -0.2) is 67.5 Å². The molecule has 7 nitrogen and oxygen atoms in total. The Morgan fingerprint density at radius 3 is 2.63 bits per heavy atom. The molecule has 0 saturated carbocycles. The van der Waals surface area contributed by atoms with E-state index in [1.54, 1.807) is 0 Å². The van der Waals surface area contributed by atoms with Crippen molar-refractivity contribution in [1.29, 1.82) is 0 Å². The van der Waals surface area contributed by atoms with E-state index in [4.69, 9.17) is 17.3 Å². The third-order valence-electron chi connectivity index (χ3n) is 5.52. The van der Waals surface area contributed by atoms with Gasteiger partial charge in [0.15, 0.2) is 0 Å². The average molecular weight is 409 g/mol. The Labute approximate surface area is 166 Å². The van der Waals surface area contributed by atoms with Crippen LogP contribution in [0.1, 0.15) is 18.4 Å². The van der Waals surface area contributed by atoms with Gasteiger partial charge in [-0.3, -0.25) is 9.11 Å². The second-order valence-electron chi connectivity index (χ2n) is 7.27. The molecule has 0 bridgehead atoms. The van der Waals surface area contributed by atoms with Crippen molar-refractivity contribution < 1.29 is 4.21 Å². The van der Waals surface area contributed by atoms with Gasteiger partial charge in [0.1, 0.15) is 0 Å². The Bertz CT molecular complexity index is 789. The normalized spacial score (nSPS) is 25.0. The van der Waals surface area contributed by atoms with E-state index in [0.29, 0.717) is 24.0 Å². The number of halogens is 1. The number of anilines is 2. The molecule has 3 heterocycles. The lowest BCUT2D eigenvalue weighted by atomic mass is 9.98. The number of aromatic nitrogens is 3. The van der Waals surface area contributed by atoms with Gasteiger partial charge < -0.3 is 10.6 Å². The molecule has 2 aliphatic rings. The van der Waals surface area contributed by atoms with Crippen molar-refractivity contribution in [2.24, 2.45) is 0 Å². The van der Waals surface area contributed by atoms with E-state index in [-0.39, 0.29) is 0 Å². The summed E-state index contributed by atoms with van der Waals surface area (Å²) in [7, 11) is -0.724. The molecule has 0 amide bonds. The molecular formula is C18H25ClN6OS. The van der Waals surface area contributed by atoms with Crippen LogP contribution in [0, 0.1) is 0 Å². The first kappa shape index (κ1) is 18.7. The summed E-state index contributed by atoms with van der Waals surface area (Å²) in [6, 6.07) is 8.84. The van der Waals surface area contributed by atoms with Crippen molar-refractivity contribution in [3.63, 3.8) is 0 Å². The molecule has 146 valence electrons. The Kier molecular flexibility index (Phi) is 5.66. The van der Waals surface area contributed by atoms with Crippen LogP contribution in [0.25, 0.3) is 0 Å². The summed E-state index contributed by atoms with van der Waals surface area (Å²) in [5, 5.41) is 7.62. The van der Waals surface area contributed by atoms with Gasteiger partial charge in [0.2, 0.25) is 11.9 Å². The summed E-state index contributed by atoms with van der Waals surface area (Å²) in [5.41, 5.74) is 6.89. The predicted molar refractivity (Wildman–Crippen MR) is 110 cm³/mol. The Morgan fingerprint density at radius 2 is 1.96 bits per heavy atom. The van der Waals surface area contributed by atoms with Crippen LogP contribution < -0.4 is 10.6 Å². The highest BCUT2D eigenvalue weighted by molar-refractivity contribution is 7.85. The molecule has 27 heavy (non-hydrogen) atoms. The van der Waals surface area contributed by atoms with E-state index >= 15 is 0 Å². The quantitative estimate of drug-likeness (QED) is 0.799. The van der Waals surface area contributed by atoms with Crippen LogP contribution in [-0.2, 0) is 17.2 Å². The lowest BCUT2D eigenvalue weighted by molar-refractivity contribution is 0.126. The molecule has 1 aromatic carbocycles. The van der Waals surface area contributed by atoms with Gasteiger partial charge in [0, 0.05) is 59.0 Å². The van der Waals surface area contributed by atoms with Crippen molar-refractivity contribution in [3.05, 3.63) is 34.9 Å². The molecular weight excluding hydrogens is 384 g/mol. The third kappa shape index (κ3) is 4.44. The van der Waals surface area contributed by atoms with Gasteiger partial charge in [0.05, 0.1) is 0 Å². The fourth-order valence-corrected chi connectivity index (χ4v) is 5.58. The molecule has 4 rings (SSSR count). The zero-order valence-electron chi connectivity index (χ0n) is 15.2. The molecule has 2 atom stereocenters. The Balaban J connectivity index is 1.41. The van der Waals surface area contributed by atoms with E-state index in [2.05, 4.69) is 37.1 Å². The lowest BCUT2D eigenvalue weighted by Gasteiger charge is -2.44. The maximum Gasteiger partial charge on any atom is 0.246 e. The fourth-order valence-electron chi connectivity index (χ4n) is 4.14. The minimum absolute atomic E-state index is 0.316. The van der Waals surface area contributed by atoms with Gasteiger partial charge >= 0.3 is 0 Å². The zero-order chi connectivity index (χ0) is 18.8. The zero-order valence-corrected chi connectivity index (χ0v) is 16.8. The first-order valence-corrected chi connectivity index (χ1v) is 11.2. The molecule has 2 fully saturated rings. The number of nitrogens with two attached hydrogens (primary N) is 1. The Hall–Kier alpha value is -1.64. The summed E-state index contributed by atoms with van der Waals surface area (Å²) in [6.07, 6.45) is 3.02. The molecule has 9 heteroatoms. The van der Waals surface area contributed by atoms with Gasteiger partial charge in [-0.15, -0.1) is 5.10 Å². The van der Waals surface area contributed by atoms with Crippen LogP contribution in [0.5, 0.6) is 0 Å². The van der Waals surface area contributed by atoms with Crippen LogP contribution in [0.2, 0.25) is 5.02 Å². The van der Waals surface area contributed by atoms with E-state index in [0.717, 1.165) is 55.4 Å². The number of benzene rings is 1. The van der Waals surface area contributed by atoms with Crippen LogP contribution >= 0.6 is 11.6 Å². The highest BCUT2D eigenvalue weighted by Gasteiger charge is 2.34. The van der Waals surface area contributed by atoms with E-state index in [1.165, 1.54) is 5.56 Å². The summed E-state index contributed by atoms with van der Waals surface area (Å²) >= 11 is 6.01. The topological polar surface area (TPSA) is 91.1 Å². The molecule has 2 saturated heterocycles. The summed E-state index contributed by atoms with van der Waals surface area (Å²) in [4.78, 5) is 9.00. The van der Waals surface area contributed by atoms with E-state index in [9.17, 15) is 4.21 Å². The van der Waals surface area contributed by atoms with Crippen molar-refractivity contribution in [3.8, 4) is 0 Å². The van der Waals surface area contributed by atoms with Crippen molar-refractivity contribution in [2.75, 3.05) is 41.8 Å². The maximum atomic E-state index is 12.2. The fraction of sp³-hybridized carbons (Fsp3) is 0.556. The molecule has 0 spiro atoms. The molecule has 2 aromatic rings. The van der Waals surface area contributed by atoms with Gasteiger partial charge in [-0.1, -0.05) is 23.7 Å². The van der Waals surface area contributed by atoms with Gasteiger partial charge in [0.25, 0.3) is 0 Å². The molecule has 3 N–H and O–H groups in total. The van der Waals surface area contributed by atoms with E-state index < -0.39 is 10.8 Å². The first-order chi connectivity index (χ1) is 13.1. The molecule has 2 aliphatic heterocycles. The maximum absolute atomic E-state index is 12.2. The Morgan fingerprint density at radius 1 is 1.22 bits per heavy atom. The lowest BCUT2D eigenvalue weighted by Crippen LogP contribution is -2.55. The average Bonchev–Trinajstić information content (AvgIpc) is 3.10. The number of piperidine rings is 1. The monoisotopic (exact) mass is 408 g/mol. The summed E-state index contributed by atoms with van der Waals surface area (Å²) in [6.45, 7) is 2.73. The summed E-state index contributed by atoms with van der Waals surface area (Å²) < 4.78 is 12.2. The molecule has 1 aromatic heterocycles. The number of nitrogen functional groups attached to an aromatic ring is 1. The standard InChI is InChI=1S/C18H25ClN6OS/c19-14-3-1-13(2-4-14)11-16-12-27(26)10-9-25(16)15-5-7-24(8-6-15)18-21-17(20)22-23-18/h1-4,15-16H,5-12H2,(H3,20,21,22,23)/t16-,27?/m0/s1. The van der Waals surface area contributed by atoms with Crippen molar-refractivity contribution in [1.82, 2.24) is 20.1 Å². The molecule has 0 aliphatic carbocycles. The molecule has 0 radical (unpaired) electrons.